The van der Waals surface area contributed by atoms with E-state index >= 15 is 0 Å². The van der Waals surface area contributed by atoms with Gasteiger partial charge < -0.3 is 21.5 Å². The molecule has 1 atom stereocenters. The number of aliphatic hydroxyl groups is 1. The second kappa shape index (κ2) is 5.67. The van der Waals surface area contributed by atoms with Crippen molar-refractivity contribution >= 4 is 17.6 Å². The maximum atomic E-state index is 9.06. The number of rotatable bonds is 6. The van der Waals surface area contributed by atoms with Gasteiger partial charge in [-0.1, -0.05) is 6.92 Å². The van der Waals surface area contributed by atoms with Crippen LogP contribution in [0.4, 0.5) is 17.6 Å². The molecule has 0 amide bonds. The summed E-state index contributed by atoms with van der Waals surface area (Å²) in [6, 6.07) is 1.79. The number of hydrogen-bond acceptors (Lipinski definition) is 6. The number of hydrogen-bond donors (Lipinski definition) is 4. The van der Waals surface area contributed by atoms with E-state index in [1.807, 2.05) is 6.92 Å². The molecule has 0 aliphatic rings. The number of nitrogen functional groups attached to an aromatic ring is 1. The van der Waals surface area contributed by atoms with E-state index in [2.05, 4.69) is 27.5 Å². The molecule has 96 valence electrons. The van der Waals surface area contributed by atoms with Gasteiger partial charge in [-0.05, 0) is 19.8 Å². The van der Waals surface area contributed by atoms with Crippen molar-refractivity contribution in [3.63, 3.8) is 0 Å². The van der Waals surface area contributed by atoms with E-state index in [9.17, 15) is 0 Å². The molecular weight excluding hydrogens is 218 g/mol. The van der Waals surface area contributed by atoms with Crippen LogP contribution in [0.5, 0.6) is 0 Å². The van der Waals surface area contributed by atoms with Crippen LogP contribution in [0.2, 0.25) is 0 Å². The summed E-state index contributed by atoms with van der Waals surface area (Å²) in [6.07, 6.45) is 1.54. The smallest absolute Gasteiger partial charge is 0.223 e. The first kappa shape index (κ1) is 13.5. The average molecular weight is 239 g/mol. The lowest BCUT2D eigenvalue weighted by atomic mass is 9.95. The van der Waals surface area contributed by atoms with E-state index in [1.54, 1.807) is 13.1 Å². The van der Waals surface area contributed by atoms with Gasteiger partial charge in [0, 0.05) is 25.3 Å². The number of nitrogens with zero attached hydrogens (tertiary/aromatic N) is 2. The zero-order valence-corrected chi connectivity index (χ0v) is 10.6. The van der Waals surface area contributed by atoms with Crippen LogP contribution in [-0.4, -0.2) is 34.3 Å². The fourth-order valence-electron chi connectivity index (χ4n) is 1.54. The van der Waals surface area contributed by atoms with E-state index in [1.165, 1.54) is 0 Å². The van der Waals surface area contributed by atoms with Gasteiger partial charge in [0.25, 0.3) is 0 Å². The van der Waals surface area contributed by atoms with Crippen molar-refractivity contribution in [1.29, 1.82) is 0 Å². The number of anilines is 3. The molecule has 6 heteroatoms. The van der Waals surface area contributed by atoms with Gasteiger partial charge in [-0.25, -0.2) is 0 Å². The van der Waals surface area contributed by atoms with Gasteiger partial charge in [0.2, 0.25) is 5.95 Å². The molecule has 1 aromatic rings. The summed E-state index contributed by atoms with van der Waals surface area (Å²) in [7, 11) is 1.78. The van der Waals surface area contributed by atoms with Crippen LogP contribution in [0.25, 0.3) is 0 Å². The Morgan fingerprint density at radius 1 is 1.41 bits per heavy atom. The van der Waals surface area contributed by atoms with Crippen molar-refractivity contribution < 1.29 is 5.11 Å². The molecule has 1 unspecified atom stereocenters. The Morgan fingerprint density at radius 3 is 2.59 bits per heavy atom. The molecule has 6 nitrogen and oxygen atoms in total. The molecule has 0 fully saturated rings. The van der Waals surface area contributed by atoms with Crippen LogP contribution < -0.4 is 16.4 Å². The Morgan fingerprint density at radius 2 is 2.06 bits per heavy atom. The van der Waals surface area contributed by atoms with Crippen molar-refractivity contribution in [2.75, 3.05) is 30.0 Å². The summed E-state index contributed by atoms with van der Waals surface area (Å²) in [5.41, 5.74) is 5.42. The Hall–Kier alpha value is -1.56. The third-order valence-electron chi connectivity index (χ3n) is 2.87. The number of nitrogens with two attached hydrogens (primary N) is 1. The summed E-state index contributed by atoms with van der Waals surface area (Å²) in [4.78, 5) is 8.15. The van der Waals surface area contributed by atoms with Crippen molar-refractivity contribution in [2.24, 2.45) is 0 Å². The number of aliphatic hydroxyl groups excluding tert-OH is 1. The van der Waals surface area contributed by atoms with E-state index in [0.717, 1.165) is 6.42 Å². The number of nitrogens with one attached hydrogen (secondary N) is 2. The van der Waals surface area contributed by atoms with Crippen molar-refractivity contribution in [1.82, 2.24) is 9.97 Å². The number of aromatic nitrogens is 2. The molecule has 0 aliphatic carbocycles. The quantitative estimate of drug-likeness (QED) is 0.593. The maximum absolute atomic E-state index is 9.06. The molecule has 0 saturated carbocycles. The molecule has 0 aliphatic heterocycles. The van der Waals surface area contributed by atoms with Crippen molar-refractivity contribution in [3.05, 3.63) is 6.07 Å². The lowest BCUT2D eigenvalue weighted by Crippen LogP contribution is -2.35. The summed E-state index contributed by atoms with van der Waals surface area (Å²) in [6.45, 7) is 4.24. The molecular formula is C11H21N5O. The zero-order valence-electron chi connectivity index (χ0n) is 10.6. The first-order valence-electron chi connectivity index (χ1n) is 5.74. The van der Waals surface area contributed by atoms with Crippen LogP contribution >= 0.6 is 0 Å². The minimum atomic E-state index is -0.194. The maximum Gasteiger partial charge on any atom is 0.223 e. The summed E-state index contributed by atoms with van der Waals surface area (Å²) >= 11 is 0. The minimum absolute atomic E-state index is 0.136. The SMILES string of the molecule is CCC(C)(CCO)Nc1cc(NC)nc(N)n1. The van der Waals surface area contributed by atoms with E-state index in [-0.39, 0.29) is 18.1 Å². The van der Waals surface area contributed by atoms with Gasteiger partial charge in [-0.15, -0.1) is 0 Å². The van der Waals surface area contributed by atoms with Gasteiger partial charge in [0.15, 0.2) is 0 Å². The summed E-state index contributed by atoms with van der Waals surface area (Å²) in [5.74, 6) is 1.56. The normalized spacial score (nSPS) is 14.1. The second-order valence-corrected chi connectivity index (χ2v) is 4.26. The van der Waals surface area contributed by atoms with Crippen LogP contribution in [0.3, 0.4) is 0 Å². The van der Waals surface area contributed by atoms with Gasteiger partial charge in [-0.2, -0.15) is 9.97 Å². The average Bonchev–Trinajstić information content (AvgIpc) is 2.28. The van der Waals surface area contributed by atoms with Crippen LogP contribution in [0.15, 0.2) is 6.07 Å². The molecule has 5 N–H and O–H groups in total. The highest BCUT2D eigenvalue weighted by Crippen LogP contribution is 2.22. The van der Waals surface area contributed by atoms with Crippen molar-refractivity contribution in [3.8, 4) is 0 Å². The third kappa shape index (κ3) is 3.74. The largest absolute Gasteiger partial charge is 0.396 e. The predicted molar refractivity (Wildman–Crippen MR) is 70.0 cm³/mol. The molecule has 0 radical (unpaired) electrons. The third-order valence-corrected chi connectivity index (χ3v) is 2.87. The Kier molecular flexibility index (Phi) is 4.51. The molecule has 1 aromatic heterocycles. The topological polar surface area (TPSA) is 96.1 Å². The summed E-state index contributed by atoms with van der Waals surface area (Å²) < 4.78 is 0. The van der Waals surface area contributed by atoms with E-state index < -0.39 is 0 Å². The van der Waals surface area contributed by atoms with Gasteiger partial charge in [-0.3, -0.25) is 0 Å². The molecule has 1 heterocycles. The molecule has 0 spiro atoms. The van der Waals surface area contributed by atoms with E-state index in [4.69, 9.17) is 10.8 Å². The second-order valence-electron chi connectivity index (χ2n) is 4.26. The van der Waals surface area contributed by atoms with Gasteiger partial charge in [0.05, 0.1) is 0 Å². The fourth-order valence-corrected chi connectivity index (χ4v) is 1.54. The fraction of sp³-hybridized carbons (Fsp3) is 0.636. The first-order chi connectivity index (χ1) is 8.03. The first-order valence-corrected chi connectivity index (χ1v) is 5.74. The highest BCUT2D eigenvalue weighted by Gasteiger charge is 2.21. The highest BCUT2D eigenvalue weighted by molar-refractivity contribution is 5.51. The van der Waals surface area contributed by atoms with Crippen LogP contribution in [0, 0.1) is 0 Å². The molecule has 0 saturated heterocycles. The van der Waals surface area contributed by atoms with Crippen molar-refractivity contribution in [2.45, 2.75) is 32.2 Å². The molecule has 1 rings (SSSR count). The Labute approximate surface area is 102 Å². The summed E-state index contributed by atoms with van der Waals surface area (Å²) in [5, 5.41) is 15.3. The van der Waals surface area contributed by atoms with Crippen LogP contribution in [0.1, 0.15) is 26.7 Å². The van der Waals surface area contributed by atoms with E-state index in [0.29, 0.717) is 18.1 Å². The standard InChI is InChI=1S/C11H21N5O/c1-4-11(2,5-6-17)16-9-7-8(13-3)14-10(12)15-9/h7,17H,4-6H2,1-3H3,(H4,12,13,14,15,16). The lowest BCUT2D eigenvalue weighted by molar-refractivity contribution is 0.252. The molecule has 0 bridgehead atoms. The Balaban J connectivity index is 2.89. The minimum Gasteiger partial charge on any atom is -0.396 e. The highest BCUT2D eigenvalue weighted by atomic mass is 16.3. The Bertz CT molecular complexity index is 371. The predicted octanol–water partition coefficient (Wildman–Crippen LogP) is 1.06. The van der Waals surface area contributed by atoms with Crippen LogP contribution in [-0.2, 0) is 0 Å². The molecule has 0 aromatic carbocycles. The van der Waals surface area contributed by atoms with Gasteiger partial charge in [0.1, 0.15) is 11.6 Å². The monoisotopic (exact) mass is 239 g/mol. The lowest BCUT2D eigenvalue weighted by Gasteiger charge is -2.29. The van der Waals surface area contributed by atoms with Gasteiger partial charge >= 0.3 is 0 Å². The molecule has 17 heavy (non-hydrogen) atoms. The zero-order chi connectivity index (χ0) is 12.9.